The van der Waals surface area contributed by atoms with Crippen molar-refractivity contribution in [2.75, 3.05) is 11.9 Å². The van der Waals surface area contributed by atoms with Gasteiger partial charge in [-0.15, -0.1) is 0 Å². The fraction of sp³-hybridized carbons (Fsp3) is 0.467. The van der Waals surface area contributed by atoms with Gasteiger partial charge >= 0.3 is 12.2 Å². The number of nitrogens with one attached hydrogen (secondary N) is 2. The molecule has 8 heteroatoms. The highest BCUT2D eigenvalue weighted by atomic mass is 19.4. The second-order valence-electron chi connectivity index (χ2n) is 5.09. The molecule has 1 rings (SSSR count). The van der Waals surface area contributed by atoms with E-state index in [1.807, 2.05) is 0 Å². The van der Waals surface area contributed by atoms with Crippen LogP contribution in [-0.4, -0.2) is 23.3 Å². The van der Waals surface area contributed by atoms with E-state index in [0.717, 1.165) is 6.07 Å². The summed E-state index contributed by atoms with van der Waals surface area (Å²) in [6, 6.07) is 3.66. The van der Waals surface area contributed by atoms with E-state index in [1.165, 1.54) is 12.1 Å². The Morgan fingerprint density at radius 3 is 2.35 bits per heavy atom. The van der Waals surface area contributed by atoms with Crippen LogP contribution < -0.4 is 10.6 Å². The SMILES string of the molecule is CCC(CC)(CO)NC(=O)Nc1ccc(C#N)c(C(F)(F)F)c1. The fourth-order valence-corrected chi connectivity index (χ4v) is 2.05. The highest BCUT2D eigenvalue weighted by Gasteiger charge is 2.34. The van der Waals surface area contributed by atoms with Crippen LogP contribution >= 0.6 is 0 Å². The molecule has 0 saturated heterocycles. The smallest absolute Gasteiger partial charge is 0.394 e. The minimum Gasteiger partial charge on any atom is -0.394 e. The molecule has 0 spiro atoms. The average molecular weight is 329 g/mol. The maximum Gasteiger partial charge on any atom is 0.417 e. The van der Waals surface area contributed by atoms with Crippen molar-refractivity contribution in [3.8, 4) is 6.07 Å². The molecule has 0 aliphatic heterocycles. The second kappa shape index (κ2) is 7.33. The van der Waals surface area contributed by atoms with Crippen LogP contribution in [0, 0.1) is 11.3 Å². The Morgan fingerprint density at radius 1 is 1.30 bits per heavy atom. The summed E-state index contributed by atoms with van der Waals surface area (Å²) in [7, 11) is 0. The van der Waals surface area contributed by atoms with Gasteiger partial charge in [-0.2, -0.15) is 18.4 Å². The molecule has 126 valence electrons. The van der Waals surface area contributed by atoms with Gasteiger partial charge in [-0.05, 0) is 31.0 Å². The molecule has 0 aromatic heterocycles. The number of aliphatic hydroxyl groups excluding tert-OH is 1. The molecule has 0 heterocycles. The summed E-state index contributed by atoms with van der Waals surface area (Å²) in [6.45, 7) is 3.28. The number of amides is 2. The van der Waals surface area contributed by atoms with Crippen LogP contribution in [-0.2, 0) is 6.18 Å². The number of urea groups is 1. The highest BCUT2D eigenvalue weighted by Crippen LogP contribution is 2.33. The largest absolute Gasteiger partial charge is 0.417 e. The Hall–Kier alpha value is -2.27. The summed E-state index contributed by atoms with van der Waals surface area (Å²) >= 11 is 0. The van der Waals surface area contributed by atoms with Crippen molar-refractivity contribution in [3.05, 3.63) is 29.3 Å². The van der Waals surface area contributed by atoms with Crippen LogP contribution in [0.1, 0.15) is 37.8 Å². The van der Waals surface area contributed by atoms with Gasteiger partial charge in [-0.1, -0.05) is 13.8 Å². The molecule has 0 unspecified atom stereocenters. The van der Waals surface area contributed by atoms with E-state index >= 15 is 0 Å². The number of rotatable bonds is 5. The van der Waals surface area contributed by atoms with Gasteiger partial charge in [-0.3, -0.25) is 0 Å². The molecule has 5 nitrogen and oxygen atoms in total. The van der Waals surface area contributed by atoms with Crippen molar-refractivity contribution in [2.45, 2.75) is 38.4 Å². The molecule has 0 radical (unpaired) electrons. The summed E-state index contributed by atoms with van der Waals surface area (Å²) in [5.74, 6) is 0. The van der Waals surface area contributed by atoms with Crippen LogP contribution in [0.15, 0.2) is 18.2 Å². The molecule has 0 aliphatic carbocycles. The molecular formula is C15H18F3N3O2. The lowest BCUT2D eigenvalue weighted by Crippen LogP contribution is -2.52. The maximum atomic E-state index is 12.9. The van der Waals surface area contributed by atoms with Crippen molar-refractivity contribution >= 4 is 11.7 Å². The van der Waals surface area contributed by atoms with Crippen LogP contribution in [0.4, 0.5) is 23.7 Å². The Morgan fingerprint density at radius 2 is 1.91 bits per heavy atom. The molecule has 23 heavy (non-hydrogen) atoms. The van der Waals surface area contributed by atoms with Gasteiger partial charge in [0.15, 0.2) is 0 Å². The van der Waals surface area contributed by atoms with Gasteiger partial charge in [-0.25, -0.2) is 4.79 Å². The molecule has 1 aromatic rings. The van der Waals surface area contributed by atoms with E-state index in [4.69, 9.17) is 5.26 Å². The van der Waals surface area contributed by atoms with Gasteiger partial charge in [0.05, 0.1) is 29.3 Å². The van der Waals surface area contributed by atoms with Gasteiger partial charge in [0, 0.05) is 5.69 Å². The number of nitriles is 1. The quantitative estimate of drug-likeness (QED) is 0.775. The third-order valence-corrected chi connectivity index (χ3v) is 3.74. The van der Waals surface area contributed by atoms with E-state index < -0.39 is 28.9 Å². The number of anilines is 1. The Kier molecular flexibility index (Phi) is 5.98. The summed E-state index contributed by atoms with van der Waals surface area (Å²) in [4.78, 5) is 11.9. The predicted octanol–water partition coefficient (Wildman–Crippen LogP) is 3.25. The van der Waals surface area contributed by atoms with Crippen molar-refractivity contribution in [2.24, 2.45) is 0 Å². The van der Waals surface area contributed by atoms with Crippen molar-refractivity contribution in [1.29, 1.82) is 5.26 Å². The van der Waals surface area contributed by atoms with Crippen molar-refractivity contribution in [3.63, 3.8) is 0 Å². The first-order valence-corrected chi connectivity index (χ1v) is 7.02. The van der Waals surface area contributed by atoms with Crippen LogP contribution in [0.2, 0.25) is 0 Å². The van der Waals surface area contributed by atoms with Gasteiger partial charge < -0.3 is 15.7 Å². The average Bonchev–Trinajstić information content (AvgIpc) is 2.52. The van der Waals surface area contributed by atoms with E-state index in [9.17, 15) is 23.1 Å². The van der Waals surface area contributed by atoms with Crippen molar-refractivity contribution < 1.29 is 23.1 Å². The first-order chi connectivity index (χ1) is 10.7. The van der Waals surface area contributed by atoms with E-state index in [1.54, 1.807) is 13.8 Å². The number of benzene rings is 1. The Balaban J connectivity index is 2.98. The van der Waals surface area contributed by atoms with E-state index in [-0.39, 0.29) is 12.3 Å². The third-order valence-electron chi connectivity index (χ3n) is 3.74. The zero-order valence-corrected chi connectivity index (χ0v) is 12.8. The number of halogens is 3. The normalized spacial score (nSPS) is 11.7. The lowest BCUT2D eigenvalue weighted by molar-refractivity contribution is -0.137. The number of nitrogens with zero attached hydrogens (tertiary/aromatic N) is 1. The third kappa shape index (κ3) is 4.60. The number of aliphatic hydroxyl groups is 1. The molecule has 0 atom stereocenters. The molecule has 0 bridgehead atoms. The first-order valence-electron chi connectivity index (χ1n) is 7.02. The molecule has 3 N–H and O–H groups in total. The zero-order valence-electron chi connectivity index (χ0n) is 12.8. The second-order valence-corrected chi connectivity index (χ2v) is 5.09. The standard InChI is InChI=1S/C15H18F3N3O2/c1-3-14(4-2,9-22)21-13(23)20-11-6-5-10(8-19)12(7-11)15(16,17)18/h5-7,22H,3-4,9H2,1-2H3,(H2,20,21,23). The highest BCUT2D eigenvalue weighted by molar-refractivity contribution is 5.90. The lowest BCUT2D eigenvalue weighted by atomic mass is 9.94. The van der Waals surface area contributed by atoms with Crippen LogP contribution in [0.3, 0.4) is 0 Å². The minimum atomic E-state index is -4.69. The summed E-state index contributed by atoms with van der Waals surface area (Å²) in [5.41, 5.74) is -2.55. The topological polar surface area (TPSA) is 85.2 Å². The molecule has 0 fully saturated rings. The molecule has 0 aliphatic rings. The number of alkyl halides is 3. The van der Waals surface area contributed by atoms with Crippen molar-refractivity contribution in [1.82, 2.24) is 5.32 Å². The van der Waals surface area contributed by atoms with Gasteiger partial charge in [0.1, 0.15) is 0 Å². The monoisotopic (exact) mass is 329 g/mol. The Bertz CT molecular complexity index is 597. The number of hydrogen-bond donors (Lipinski definition) is 3. The first kappa shape index (κ1) is 18.8. The number of hydrogen-bond acceptors (Lipinski definition) is 3. The van der Waals surface area contributed by atoms with Gasteiger partial charge in [0.25, 0.3) is 0 Å². The van der Waals surface area contributed by atoms with Crippen LogP contribution in [0.25, 0.3) is 0 Å². The Labute approximate surface area is 132 Å². The lowest BCUT2D eigenvalue weighted by Gasteiger charge is -2.30. The van der Waals surface area contributed by atoms with E-state index in [2.05, 4.69) is 10.6 Å². The molecule has 1 aromatic carbocycles. The predicted molar refractivity (Wildman–Crippen MR) is 78.7 cm³/mol. The number of carbonyl (C=O) groups is 1. The summed E-state index contributed by atoms with van der Waals surface area (Å²) in [5, 5.41) is 23.0. The number of carbonyl (C=O) groups excluding carboxylic acids is 1. The maximum absolute atomic E-state index is 12.9. The van der Waals surface area contributed by atoms with E-state index in [0.29, 0.717) is 18.9 Å². The molecular weight excluding hydrogens is 311 g/mol. The molecule has 2 amide bonds. The minimum absolute atomic E-state index is 0.0899. The molecule has 0 saturated carbocycles. The van der Waals surface area contributed by atoms with Gasteiger partial charge in [0.2, 0.25) is 0 Å². The summed E-state index contributed by atoms with van der Waals surface area (Å²) < 4.78 is 38.6. The fourth-order valence-electron chi connectivity index (χ4n) is 2.05. The summed E-state index contributed by atoms with van der Waals surface area (Å²) in [6.07, 6.45) is -3.76. The van der Waals surface area contributed by atoms with Crippen LogP contribution in [0.5, 0.6) is 0 Å². The zero-order chi connectivity index (χ0) is 17.7.